The maximum atomic E-state index is 13.3. The monoisotopic (exact) mass is 712 g/mol. The number of rotatable bonds is 12. The molecule has 4 aromatic rings. The Morgan fingerprint density at radius 3 is 2.40 bits per heavy atom. The molecule has 1 aliphatic heterocycles. The summed E-state index contributed by atoms with van der Waals surface area (Å²) in [6.07, 6.45) is -9.58. The van der Waals surface area contributed by atoms with Gasteiger partial charge in [0, 0.05) is 18.2 Å². The van der Waals surface area contributed by atoms with Gasteiger partial charge in [-0.05, 0) is 47.4 Å². The fourth-order valence-corrected chi connectivity index (χ4v) is 5.50. The van der Waals surface area contributed by atoms with Gasteiger partial charge in [-0.3, -0.25) is 9.69 Å². The largest absolute Gasteiger partial charge is 0.499 e. The molecule has 1 amide bonds. The minimum atomic E-state index is -5.88. The van der Waals surface area contributed by atoms with Gasteiger partial charge in [0.2, 0.25) is 11.9 Å². The molecule has 0 bridgehead atoms. The minimum Gasteiger partial charge on any atom is -0.497 e. The van der Waals surface area contributed by atoms with Crippen molar-refractivity contribution in [2.24, 2.45) is 10.2 Å². The normalized spacial score (nSPS) is 14.5. The second-order valence-corrected chi connectivity index (χ2v) is 11.9. The summed E-state index contributed by atoms with van der Waals surface area (Å²) in [4.78, 5) is 18.9. The number of aromatic nitrogens is 3. The van der Waals surface area contributed by atoms with Crippen molar-refractivity contribution in [1.82, 2.24) is 14.8 Å². The maximum absolute atomic E-state index is 13.3. The van der Waals surface area contributed by atoms with Gasteiger partial charge in [-0.15, -0.1) is 10.2 Å². The molecule has 1 saturated heterocycles. The van der Waals surface area contributed by atoms with Gasteiger partial charge in [0.1, 0.15) is 11.5 Å². The number of nitrogens with one attached hydrogen (secondary N) is 1. The van der Waals surface area contributed by atoms with E-state index in [0.717, 1.165) is 17.7 Å². The Labute approximate surface area is 287 Å². The number of benzene rings is 3. The molecule has 2 heterocycles. The van der Waals surface area contributed by atoms with Crippen LogP contribution in [0.4, 0.5) is 33.6 Å². The Bertz CT molecular complexity index is 1940. The molecule has 0 atom stereocenters. The average Bonchev–Trinajstić information content (AvgIpc) is 3.67. The molecule has 1 fully saturated rings. The van der Waals surface area contributed by atoms with Crippen molar-refractivity contribution in [3.63, 3.8) is 0 Å². The van der Waals surface area contributed by atoms with Crippen molar-refractivity contribution in [2.75, 3.05) is 29.6 Å². The molecule has 3 aromatic carbocycles. The van der Waals surface area contributed by atoms with Crippen LogP contribution in [0.15, 0.2) is 76.9 Å². The summed E-state index contributed by atoms with van der Waals surface area (Å²) in [5.74, 6) is 0.611. The van der Waals surface area contributed by atoms with Crippen LogP contribution in [0.5, 0.6) is 11.5 Å². The first-order chi connectivity index (χ1) is 23.8. The van der Waals surface area contributed by atoms with E-state index in [-0.39, 0.29) is 48.0 Å². The Morgan fingerprint density at radius 1 is 1.06 bits per heavy atom. The first-order valence-corrected chi connectivity index (χ1v) is 16.0. The van der Waals surface area contributed by atoms with Gasteiger partial charge < -0.3 is 14.8 Å². The summed E-state index contributed by atoms with van der Waals surface area (Å²) < 4.78 is 74.9. The zero-order valence-corrected chi connectivity index (χ0v) is 27.6. The number of carbonyl (C=O) groups excluding carboxylic acids is 1. The van der Waals surface area contributed by atoms with E-state index >= 15 is 0 Å². The van der Waals surface area contributed by atoms with Crippen molar-refractivity contribution < 1.29 is 36.2 Å². The summed E-state index contributed by atoms with van der Waals surface area (Å²) >= 11 is 1.28. The fourth-order valence-electron chi connectivity index (χ4n) is 4.69. The van der Waals surface area contributed by atoms with Crippen LogP contribution in [-0.2, 0) is 4.79 Å². The van der Waals surface area contributed by atoms with E-state index in [2.05, 4.69) is 30.3 Å². The molecule has 1 N–H and O–H groups in total. The standard InChI is InChI=1S/C33H29F5N8O3S/c1-20(2)26-14-13-25(48-3)17-27(26)45-28(47)19-50-31(45)43-41-18-21-5-7-22(8-6-21)29-42-30(40-16-4-15-39)46(44-29)23-9-11-24(12-10-23)49-33(37,38)32(34,35)36/h5-14,17-18,20H,4,16,19H2,1-3H3,(H,40,42,44). The predicted octanol–water partition coefficient (Wildman–Crippen LogP) is 7.40. The second kappa shape index (κ2) is 14.9. The molecule has 17 heteroatoms. The highest BCUT2D eigenvalue weighted by atomic mass is 32.2. The van der Waals surface area contributed by atoms with Crippen LogP contribution in [-0.4, -0.2) is 63.7 Å². The number of ether oxygens (including phenoxy) is 2. The van der Waals surface area contributed by atoms with Crippen LogP contribution in [0, 0.1) is 11.3 Å². The lowest BCUT2D eigenvalue weighted by atomic mass is 10.00. The number of methoxy groups -OCH3 is 1. The topological polar surface area (TPSA) is 130 Å². The van der Waals surface area contributed by atoms with Gasteiger partial charge in [0.25, 0.3) is 0 Å². The zero-order chi connectivity index (χ0) is 36.1. The molecule has 11 nitrogen and oxygen atoms in total. The van der Waals surface area contributed by atoms with E-state index < -0.39 is 18.0 Å². The Hall–Kier alpha value is -5.50. The number of hydrogen-bond donors (Lipinski definition) is 1. The van der Waals surface area contributed by atoms with Crippen molar-refractivity contribution in [2.45, 2.75) is 38.5 Å². The molecule has 50 heavy (non-hydrogen) atoms. The quantitative estimate of drug-likeness (QED) is 0.0697. The molecule has 0 spiro atoms. The van der Waals surface area contributed by atoms with Crippen molar-refractivity contribution >= 4 is 40.7 Å². The number of thioether (sulfide) groups is 1. The van der Waals surface area contributed by atoms with Crippen LogP contribution in [0.1, 0.15) is 37.3 Å². The molecule has 1 aliphatic rings. The number of amides is 1. The van der Waals surface area contributed by atoms with Gasteiger partial charge >= 0.3 is 12.3 Å². The third-order valence-corrected chi connectivity index (χ3v) is 8.08. The minimum absolute atomic E-state index is 0.121. The summed E-state index contributed by atoms with van der Waals surface area (Å²) in [6.45, 7) is 4.28. The lowest BCUT2D eigenvalue weighted by Gasteiger charge is -2.22. The van der Waals surface area contributed by atoms with E-state index in [9.17, 15) is 26.7 Å². The predicted molar refractivity (Wildman–Crippen MR) is 179 cm³/mol. The number of nitrogens with zero attached hydrogens (tertiary/aromatic N) is 7. The van der Waals surface area contributed by atoms with Gasteiger partial charge in [0.05, 0.1) is 42.9 Å². The molecule has 0 saturated carbocycles. The van der Waals surface area contributed by atoms with Crippen LogP contribution < -0.4 is 19.7 Å². The average molecular weight is 713 g/mol. The highest BCUT2D eigenvalue weighted by molar-refractivity contribution is 8.15. The van der Waals surface area contributed by atoms with Gasteiger partial charge in [0.15, 0.2) is 11.0 Å². The molecule has 0 unspecified atom stereocenters. The molecule has 0 radical (unpaired) electrons. The number of alkyl halides is 5. The van der Waals surface area contributed by atoms with E-state index in [0.29, 0.717) is 27.7 Å². The van der Waals surface area contributed by atoms with E-state index in [1.54, 1.807) is 42.3 Å². The molecule has 1 aromatic heterocycles. The number of amidine groups is 1. The number of halogens is 5. The first kappa shape index (κ1) is 35.8. The summed E-state index contributed by atoms with van der Waals surface area (Å²) in [6, 6.07) is 18.9. The lowest BCUT2D eigenvalue weighted by molar-refractivity contribution is -0.360. The van der Waals surface area contributed by atoms with Crippen LogP contribution in [0.3, 0.4) is 0 Å². The molecular weight excluding hydrogens is 683 g/mol. The third kappa shape index (κ3) is 8.03. The summed E-state index contributed by atoms with van der Waals surface area (Å²) in [5.41, 5.74) is 3.20. The summed E-state index contributed by atoms with van der Waals surface area (Å²) in [7, 11) is 1.56. The fraction of sp³-hybridized carbons (Fsp3) is 0.273. The van der Waals surface area contributed by atoms with Crippen molar-refractivity contribution in [3.8, 4) is 34.6 Å². The Morgan fingerprint density at radius 2 is 1.76 bits per heavy atom. The van der Waals surface area contributed by atoms with Crippen LogP contribution in [0.25, 0.3) is 17.1 Å². The summed E-state index contributed by atoms with van der Waals surface area (Å²) in [5, 5.41) is 25.4. The SMILES string of the molecule is COc1ccc(C(C)C)c(N2C(=O)CSC2=NN=Cc2ccc(-c3nc(NCCC#N)n(-c4ccc(OC(F)(F)C(F)(F)F)cc4)n3)cc2)c1. The van der Waals surface area contributed by atoms with E-state index in [1.165, 1.54) is 34.8 Å². The molecule has 260 valence electrons. The Balaban J connectivity index is 1.35. The van der Waals surface area contributed by atoms with Gasteiger partial charge in [-0.1, -0.05) is 55.9 Å². The van der Waals surface area contributed by atoms with Gasteiger partial charge in [-0.2, -0.15) is 42.0 Å². The first-order valence-electron chi connectivity index (χ1n) is 15.0. The molecular formula is C33H29F5N8O3S. The highest BCUT2D eigenvalue weighted by Gasteiger charge is 2.61. The highest BCUT2D eigenvalue weighted by Crippen LogP contribution is 2.38. The number of nitriles is 1. The number of carbonyl (C=O) groups is 1. The second-order valence-electron chi connectivity index (χ2n) is 11.0. The number of anilines is 2. The van der Waals surface area contributed by atoms with Crippen LogP contribution in [0.2, 0.25) is 0 Å². The van der Waals surface area contributed by atoms with Gasteiger partial charge in [-0.25, -0.2) is 0 Å². The van der Waals surface area contributed by atoms with Crippen molar-refractivity contribution in [1.29, 1.82) is 5.26 Å². The smallest absolute Gasteiger partial charge is 0.497 e. The third-order valence-electron chi connectivity index (χ3n) is 7.17. The van der Waals surface area contributed by atoms with E-state index in [1.807, 2.05) is 32.0 Å². The zero-order valence-electron chi connectivity index (χ0n) is 26.8. The van der Waals surface area contributed by atoms with Crippen molar-refractivity contribution in [3.05, 3.63) is 77.9 Å². The Kier molecular flexibility index (Phi) is 10.7. The number of hydrogen-bond acceptors (Lipinski definition) is 10. The maximum Gasteiger partial charge on any atom is 0.499 e. The van der Waals surface area contributed by atoms with Crippen LogP contribution >= 0.6 is 11.8 Å². The molecule has 0 aliphatic carbocycles. The molecule has 5 rings (SSSR count). The lowest BCUT2D eigenvalue weighted by Crippen LogP contribution is -2.41. The van der Waals surface area contributed by atoms with E-state index in [4.69, 9.17) is 10.00 Å².